The second-order valence-corrected chi connectivity index (χ2v) is 4.38. The van der Waals surface area contributed by atoms with Gasteiger partial charge in [-0.2, -0.15) is 0 Å². The number of hydrogen-bond donors (Lipinski definition) is 2. The zero-order valence-corrected chi connectivity index (χ0v) is 11.5. The molecule has 0 aliphatic heterocycles. The van der Waals surface area contributed by atoms with Gasteiger partial charge in [0.2, 0.25) is 0 Å². The maximum Gasteiger partial charge on any atom is 0.253 e. The quantitative estimate of drug-likeness (QED) is 0.890. The first-order chi connectivity index (χ1) is 10.1. The van der Waals surface area contributed by atoms with Crippen LogP contribution < -0.4 is 10.6 Å². The zero-order valence-electron chi connectivity index (χ0n) is 11.5. The van der Waals surface area contributed by atoms with Crippen molar-refractivity contribution in [2.45, 2.75) is 13.5 Å². The van der Waals surface area contributed by atoms with Crippen molar-refractivity contribution >= 4 is 11.6 Å². The summed E-state index contributed by atoms with van der Waals surface area (Å²) in [5, 5.41) is 5.70. The Morgan fingerprint density at radius 2 is 2.05 bits per heavy atom. The number of rotatable bonds is 5. The molecule has 1 aromatic carbocycles. The summed E-state index contributed by atoms with van der Waals surface area (Å²) < 4.78 is 25.9. The van der Waals surface area contributed by atoms with Crippen LogP contribution in [0.4, 0.5) is 14.5 Å². The van der Waals surface area contributed by atoms with Crippen molar-refractivity contribution in [1.29, 1.82) is 0 Å². The van der Waals surface area contributed by atoms with Gasteiger partial charge in [0.05, 0.1) is 17.4 Å². The van der Waals surface area contributed by atoms with Gasteiger partial charge in [-0.15, -0.1) is 0 Å². The third-order valence-corrected chi connectivity index (χ3v) is 2.87. The Morgan fingerprint density at radius 1 is 1.24 bits per heavy atom. The maximum atomic E-state index is 13.1. The minimum Gasteiger partial charge on any atom is -0.383 e. The van der Waals surface area contributed by atoms with Gasteiger partial charge in [0.15, 0.2) is 11.6 Å². The van der Waals surface area contributed by atoms with Crippen LogP contribution in [0.15, 0.2) is 36.7 Å². The van der Waals surface area contributed by atoms with Gasteiger partial charge in [-0.05, 0) is 30.7 Å². The Balaban J connectivity index is 2.06. The fraction of sp³-hybridized carbons (Fsp3) is 0.200. The van der Waals surface area contributed by atoms with Gasteiger partial charge in [0.1, 0.15) is 0 Å². The minimum atomic E-state index is -0.931. The normalized spacial score (nSPS) is 10.2. The van der Waals surface area contributed by atoms with E-state index in [2.05, 4.69) is 15.6 Å². The lowest BCUT2D eigenvalue weighted by Gasteiger charge is -2.10. The average Bonchev–Trinajstić information content (AvgIpc) is 2.49. The summed E-state index contributed by atoms with van der Waals surface area (Å²) >= 11 is 0. The lowest BCUT2D eigenvalue weighted by atomic mass is 10.2. The highest BCUT2D eigenvalue weighted by Gasteiger charge is 2.11. The van der Waals surface area contributed by atoms with Gasteiger partial charge in [-0.25, -0.2) is 8.78 Å². The highest BCUT2D eigenvalue weighted by atomic mass is 19.2. The van der Waals surface area contributed by atoms with Crippen LogP contribution in [0.3, 0.4) is 0 Å². The summed E-state index contributed by atoms with van der Waals surface area (Å²) in [5.41, 5.74) is 1.57. The number of anilines is 1. The van der Waals surface area contributed by atoms with Crippen LogP contribution in [0.5, 0.6) is 0 Å². The molecule has 21 heavy (non-hydrogen) atoms. The van der Waals surface area contributed by atoms with E-state index >= 15 is 0 Å². The van der Waals surface area contributed by atoms with Crippen molar-refractivity contribution in [3.63, 3.8) is 0 Å². The van der Waals surface area contributed by atoms with E-state index in [1.54, 1.807) is 12.3 Å². The van der Waals surface area contributed by atoms with Crippen LogP contribution in [-0.2, 0) is 6.54 Å². The van der Waals surface area contributed by atoms with Gasteiger partial charge in [-0.3, -0.25) is 9.78 Å². The van der Waals surface area contributed by atoms with Gasteiger partial charge in [-0.1, -0.05) is 6.07 Å². The van der Waals surface area contributed by atoms with Gasteiger partial charge in [0, 0.05) is 19.3 Å². The molecule has 0 bridgehead atoms. The molecule has 0 saturated carbocycles. The van der Waals surface area contributed by atoms with E-state index in [4.69, 9.17) is 0 Å². The zero-order chi connectivity index (χ0) is 15.2. The van der Waals surface area contributed by atoms with E-state index in [1.807, 2.05) is 6.92 Å². The van der Waals surface area contributed by atoms with E-state index < -0.39 is 11.6 Å². The summed E-state index contributed by atoms with van der Waals surface area (Å²) in [4.78, 5) is 16.1. The molecule has 4 nitrogen and oxygen atoms in total. The van der Waals surface area contributed by atoms with Crippen LogP contribution in [-0.4, -0.2) is 17.4 Å². The molecule has 0 atom stereocenters. The standard InChI is InChI=1S/C15H15F2N3O/c1-2-19-14-9-18-6-5-11(14)15(21)20-8-10-3-4-12(16)13(17)7-10/h3-7,9,19H,2,8H2,1H3,(H,20,21). The molecule has 0 fully saturated rings. The third-order valence-electron chi connectivity index (χ3n) is 2.87. The van der Waals surface area contributed by atoms with Crippen molar-refractivity contribution in [3.8, 4) is 0 Å². The molecule has 2 aromatic rings. The number of aromatic nitrogens is 1. The highest BCUT2D eigenvalue weighted by molar-refractivity contribution is 5.99. The lowest BCUT2D eigenvalue weighted by molar-refractivity contribution is 0.0951. The number of carbonyl (C=O) groups is 1. The second-order valence-electron chi connectivity index (χ2n) is 4.38. The second kappa shape index (κ2) is 6.78. The van der Waals surface area contributed by atoms with Crippen molar-refractivity contribution in [2.75, 3.05) is 11.9 Å². The first-order valence-electron chi connectivity index (χ1n) is 6.51. The van der Waals surface area contributed by atoms with E-state index in [9.17, 15) is 13.6 Å². The molecule has 1 aromatic heterocycles. The van der Waals surface area contributed by atoms with E-state index in [1.165, 1.54) is 12.3 Å². The topological polar surface area (TPSA) is 54.0 Å². The summed E-state index contributed by atoms with van der Waals surface area (Å²) in [6, 6.07) is 5.12. The smallest absolute Gasteiger partial charge is 0.253 e. The van der Waals surface area contributed by atoms with E-state index in [0.29, 0.717) is 23.4 Å². The van der Waals surface area contributed by atoms with Gasteiger partial charge < -0.3 is 10.6 Å². The number of halogens is 2. The van der Waals surface area contributed by atoms with Crippen molar-refractivity contribution in [2.24, 2.45) is 0 Å². The fourth-order valence-electron chi connectivity index (χ4n) is 1.85. The van der Waals surface area contributed by atoms with Crippen molar-refractivity contribution < 1.29 is 13.6 Å². The summed E-state index contributed by atoms with van der Waals surface area (Å²) in [5.74, 6) is -2.15. The summed E-state index contributed by atoms with van der Waals surface area (Å²) in [6.45, 7) is 2.69. The van der Waals surface area contributed by atoms with Crippen LogP contribution >= 0.6 is 0 Å². The monoisotopic (exact) mass is 291 g/mol. The SMILES string of the molecule is CCNc1cnccc1C(=O)NCc1ccc(F)c(F)c1. The molecule has 0 unspecified atom stereocenters. The van der Waals surface area contributed by atoms with Crippen LogP contribution in [0, 0.1) is 11.6 Å². The predicted octanol–water partition coefficient (Wildman–Crippen LogP) is 2.72. The molecule has 0 saturated heterocycles. The Hall–Kier alpha value is -2.50. The van der Waals surface area contributed by atoms with Crippen LogP contribution in [0.1, 0.15) is 22.8 Å². The Labute approximate surface area is 121 Å². The molecular formula is C15H15F2N3O. The summed E-state index contributed by atoms with van der Waals surface area (Å²) in [7, 11) is 0. The van der Waals surface area contributed by atoms with Gasteiger partial charge in [0.25, 0.3) is 5.91 Å². The molecule has 2 N–H and O–H groups in total. The Bertz CT molecular complexity index is 647. The number of benzene rings is 1. The molecule has 0 spiro atoms. The minimum absolute atomic E-state index is 0.115. The van der Waals surface area contributed by atoms with Crippen LogP contribution in [0.25, 0.3) is 0 Å². The predicted molar refractivity (Wildman–Crippen MR) is 75.9 cm³/mol. The van der Waals surface area contributed by atoms with Gasteiger partial charge >= 0.3 is 0 Å². The molecule has 1 amide bonds. The molecule has 0 radical (unpaired) electrons. The largest absolute Gasteiger partial charge is 0.383 e. The molecule has 110 valence electrons. The Kier molecular flexibility index (Phi) is 4.81. The van der Waals surface area contributed by atoms with E-state index in [0.717, 1.165) is 12.1 Å². The fourth-order valence-corrected chi connectivity index (χ4v) is 1.85. The number of pyridine rings is 1. The molecular weight excluding hydrogens is 276 g/mol. The summed E-state index contributed by atoms with van der Waals surface area (Å²) in [6.07, 6.45) is 3.09. The molecule has 0 aliphatic rings. The highest BCUT2D eigenvalue weighted by Crippen LogP contribution is 2.13. The molecule has 0 aliphatic carbocycles. The van der Waals surface area contributed by atoms with E-state index in [-0.39, 0.29) is 12.5 Å². The number of nitrogens with one attached hydrogen (secondary N) is 2. The van der Waals surface area contributed by atoms with Crippen molar-refractivity contribution in [3.05, 3.63) is 59.4 Å². The third kappa shape index (κ3) is 3.75. The first-order valence-corrected chi connectivity index (χ1v) is 6.51. The number of nitrogens with zero attached hydrogens (tertiary/aromatic N) is 1. The van der Waals surface area contributed by atoms with Crippen molar-refractivity contribution in [1.82, 2.24) is 10.3 Å². The lowest BCUT2D eigenvalue weighted by Crippen LogP contribution is -2.24. The molecule has 6 heteroatoms. The number of amides is 1. The molecule has 1 heterocycles. The number of hydrogen-bond acceptors (Lipinski definition) is 3. The Morgan fingerprint density at radius 3 is 2.76 bits per heavy atom. The number of carbonyl (C=O) groups excluding carboxylic acids is 1. The van der Waals surface area contributed by atoms with Crippen LogP contribution in [0.2, 0.25) is 0 Å². The first kappa shape index (κ1) is 14.9. The average molecular weight is 291 g/mol. The maximum absolute atomic E-state index is 13.1. The molecule has 2 rings (SSSR count).